The fourth-order valence-corrected chi connectivity index (χ4v) is 7.14. The molecule has 0 N–H and O–H groups in total. The zero-order valence-electron chi connectivity index (χ0n) is 22.3. The van der Waals surface area contributed by atoms with Gasteiger partial charge in [-0.1, -0.05) is 121 Å². The number of nitrogens with zero attached hydrogens (tertiary/aromatic N) is 2. The van der Waals surface area contributed by atoms with Crippen molar-refractivity contribution >= 4 is 39.6 Å². The lowest BCUT2D eigenvalue weighted by molar-refractivity contribution is 0.773. The maximum absolute atomic E-state index is 5.28. The molecule has 1 heterocycles. The molecule has 0 radical (unpaired) electrons. The number of hydrogen-bond donors (Lipinski definition) is 0. The zero-order chi connectivity index (χ0) is 27.0. The van der Waals surface area contributed by atoms with Crippen LogP contribution in [0.5, 0.6) is 0 Å². The van der Waals surface area contributed by atoms with Crippen molar-refractivity contribution in [1.82, 2.24) is 9.97 Å². The summed E-state index contributed by atoms with van der Waals surface area (Å²) in [6, 6.07) is 34.3. The molecule has 1 unspecified atom stereocenters. The molecular formula is C39H24N2. The third kappa shape index (κ3) is 3.07. The minimum absolute atomic E-state index is 0.476. The fourth-order valence-electron chi connectivity index (χ4n) is 7.14. The third-order valence-electron chi connectivity index (χ3n) is 8.94. The van der Waals surface area contributed by atoms with E-state index in [0.29, 0.717) is 0 Å². The van der Waals surface area contributed by atoms with Crippen molar-refractivity contribution < 1.29 is 0 Å². The van der Waals surface area contributed by atoms with E-state index in [2.05, 4.69) is 140 Å². The molecule has 0 saturated carbocycles. The summed E-state index contributed by atoms with van der Waals surface area (Å²) in [7, 11) is 0. The normalized spacial score (nSPS) is 19.5. The zero-order valence-corrected chi connectivity index (χ0v) is 22.3. The molecule has 0 fully saturated rings. The summed E-state index contributed by atoms with van der Waals surface area (Å²) in [6.07, 6.45) is 18.1. The smallest absolute Gasteiger partial charge is 0.160 e. The average molecular weight is 521 g/mol. The third-order valence-corrected chi connectivity index (χ3v) is 8.94. The van der Waals surface area contributed by atoms with E-state index in [0.717, 1.165) is 22.5 Å². The lowest BCUT2D eigenvalue weighted by Gasteiger charge is -2.41. The van der Waals surface area contributed by atoms with Crippen LogP contribution in [-0.4, -0.2) is 9.97 Å². The Labute approximate surface area is 238 Å². The SMILES string of the molecule is C1=CC2(C3=Cc4ccccc4C3=C1)C1=Cc3ccccc3C1=CC=C2c1ccnc(-c2cccc3ccccc23)n1. The minimum Gasteiger partial charge on any atom is -0.237 e. The van der Waals surface area contributed by atoms with Crippen molar-refractivity contribution in [2.75, 3.05) is 0 Å². The van der Waals surface area contributed by atoms with Crippen LogP contribution in [0.15, 0.2) is 145 Å². The highest BCUT2D eigenvalue weighted by Gasteiger charge is 2.48. The Balaban J connectivity index is 1.29. The predicted octanol–water partition coefficient (Wildman–Crippen LogP) is 9.21. The van der Waals surface area contributed by atoms with Crippen molar-refractivity contribution in [2.45, 2.75) is 0 Å². The van der Waals surface area contributed by atoms with Gasteiger partial charge in [-0.2, -0.15) is 0 Å². The second kappa shape index (κ2) is 8.33. The minimum atomic E-state index is -0.476. The van der Waals surface area contributed by atoms with E-state index < -0.39 is 5.41 Å². The molecule has 0 aliphatic heterocycles. The van der Waals surface area contributed by atoms with Crippen LogP contribution in [-0.2, 0) is 0 Å². The summed E-state index contributed by atoms with van der Waals surface area (Å²) in [5, 5.41) is 2.35. The molecule has 2 heteroatoms. The van der Waals surface area contributed by atoms with Gasteiger partial charge >= 0.3 is 0 Å². The molecule has 190 valence electrons. The summed E-state index contributed by atoms with van der Waals surface area (Å²) in [5.74, 6) is 0.744. The van der Waals surface area contributed by atoms with Crippen molar-refractivity contribution in [2.24, 2.45) is 5.41 Å². The number of benzene rings is 4. The van der Waals surface area contributed by atoms with Crippen LogP contribution < -0.4 is 0 Å². The first-order chi connectivity index (χ1) is 20.3. The van der Waals surface area contributed by atoms with Crippen LogP contribution in [0.4, 0.5) is 0 Å². The van der Waals surface area contributed by atoms with Crippen molar-refractivity contribution in [3.05, 3.63) is 173 Å². The van der Waals surface area contributed by atoms with Gasteiger partial charge in [-0.15, -0.1) is 0 Å². The monoisotopic (exact) mass is 520 g/mol. The predicted molar refractivity (Wildman–Crippen MR) is 169 cm³/mol. The van der Waals surface area contributed by atoms with Gasteiger partial charge in [-0.3, -0.25) is 0 Å². The molecule has 41 heavy (non-hydrogen) atoms. The Morgan fingerprint density at radius 1 is 0.537 bits per heavy atom. The van der Waals surface area contributed by atoms with E-state index in [-0.39, 0.29) is 0 Å². The van der Waals surface area contributed by atoms with Gasteiger partial charge in [0.05, 0.1) is 11.1 Å². The van der Waals surface area contributed by atoms with Gasteiger partial charge in [0, 0.05) is 11.8 Å². The molecule has 1 atom stereocenters. The first kappa shape index (κ1) is 22.5. The fraction of sp³-hybridized carbons (Fsp3) is 0.0256. The van der Waals surface area contributed by atoms with Gasteiger partial charge < -0.3 is 0 Å². The van der Waals surface area contributed by atoms with Gasteiger partial charge in [0.15, 0.2) is 5.82 Å². The van der Waals surface area contributed by atoms with E-state index in [1.165, 1.54) is 55.5 Å². The molecule has 4 aromatic carbocycles. The lowest BCUT2D eigenvalue weighted by atomic mass is 9.60. The van der Waals surface area contributed by atoms with Crippen LogP contribution in [0.2, 0.25) is 0 Å². The Kier molecular flexibility index (Phi) is 4.57. The number of rotatable bonds is 2. The maximum atomic E-state index is 5.28. The van der Waals surface area contributed by atoms with E-state index in [1.54, 1.807) is 0 Å². The van der Waals surface area contributed by atoms with Gasteiger partial charge in [-0.25, -0.2) is 9.97 Å². The lowest BCUT2D eigenvalue weighted by Crippen LogP contribution is -2.29. The van der Waals surface area contributed by atoms with Crippen molar-refractivity contribution in [1.29, 1.82) is 0 Å². The van der Waals surface area contributed by atoms with Crippen molar-refractivity contribution in [3.8, 4) is 11.4 Å². The van der Waals surface area contributed by atoms with Crippen LogP contribution in [0.1, 0.15) is 27.9 Å². The first-order valence-electron chi connectivity index (χ1n) is 14.1. The second-order valence-electron chi connectivity index (χ2n) is 11.0. The van der Waals surface area contributed by atoms with E-state index in [9.17, 15) is 0 Å². The van der Waals surface area contributed by atoms with Gasteiger partial charge in [0.25, 0.3) is 0 Å². The molecule has 4 aliphatic carbocycles. The van der Waals surface area contributed by atoms with Crippen molar-refractivity contribution in [3.63, 3.8) is 0 Å². The highest BCUT2D eigenvalue weighted by molar-refractivity contribution is 6.10. The van der Waals surface area contributed by atoms with Crippen LogP contribution in [0, 0.1) is 5.41 Å². The molecule has 0 amide bonds. The number of fused-ring (bicyclic) bond motifs is 9. The molecule has 0 bridgehead atoms. The molecular weight excluding hydrogens is 496 g/mol. The summed E-state index contributed by atoms with van der Waals surface area (Å²) >= 11 is 0. The highest BCUT2D eigenvalue weighted by Crippen LogP contribution is 2.63. The molecule has 1 spiro atoms. The van der Waals surface area contributed by atoms with E-state index in [4.69, 9.17) is 9.97 Å². The van der Waals surface area contributed by atoms with Gasteiger partial charge in [-0.05, 0) is 79.1 Å². The molecule has 2 nitrogen and oxygen atoms in total. The summed E-state index contributed by atoms with van der Waals surface area (Å²) in [6.45, 7) is 0. The van der Waals surface area contributed by atoms with Crippen LogP contribution >= 0.6 is 0 Å². The highest BCUT2D eigenvalue weighted by atomic mass is 14.9. The summed E-state index contributed by atoms with van der Waals surface area (Å²) in [5.41, 5.74) is 13.0. The topological polar surface area (TPSA) is 25.8 Å². The number of aromatic nitrogens is 2. The number of hydrogen-bond acceptors (Lipinski definition) is 2. The Morgan fingerprint density at radius 3 is 2.00 bits per heavy atom. The summed E-state index contributed by atoms with van der Waals surface area (Å²) in [4.78, 5) is 10.1. The van der Waals surface area contributed by atoms with Gasteiger partial charge in [0.1, 0.15) is 0 Å². The van der Waals surface area contributed by atoms with E-state index in [1.807, 2.05) is 6.20 Å². The van der Waals surface area contributed by atoms with Crippen LogP contribution in [0.25, 0.3) is 51.0 Å². The average Bonchev–Trinajstić information content (AvgIpc) is 3.61. The maximum Gasteiger partial charge on any atom is 0.160 e. The quantitative estimate of drug-likeness (QED) is 0.232. The Morgan fingerprint density at radius 2 is 1.20 bits per heavy atom. The largest absolute Gasteiger partial charge is 0.237 e. The standard InChI is InChI=1S/C39H24N2/c1-4-13-28-25(9-1)12-7-16-33(28)38-40-22-20-37(41-38)34-19-18-32-30-15-6-3-11-27(30)24-36(32)39(34)21-8-17-31-29-14-5-2-10-26(29)23-35(31)39/h1-24H. The molecule has 0 saturated heterocycles. The van der Waals surface area contributed by atoms with Gasteiger partial charge in [0.2, 0.25) is 0 Å². The molecule has 1 aromatic heterocycles. The molecule has 9 rings (SSSR count). The Hall–Kier alpha value is -5.34. The Bertz CT molecular complexity index is 2120. The molecule has 4 aliphatic rings. The molecule has 5 aromatic rings. The second-order valence-corrected chi connectivity index (χ2v) is 11.0. The summed E-state index contributed by atoms with van der Waals surface area (Å²) < 4.78 is 0. The van der Waals surface area contributed by atoms with Crippen LogP contribution in [0.3, 0.4) is 0 Å². The first-order valence-corrected chi connectivity index (χ1v) is 14.1. The van der Waals surface area contributed by atoms with E-state index >= 15 is 0 Å². The number of allylic oxidation sites excluding steroid dienone is 10.